The molecule has 0 heterocycles. The Labute approximate surface area is 108 Å². The van der Waals surface area contributed by atoms with Gasteiger partial charge >= 0.3 is 0 Å². The highest BCUT2D eigenvalue weighted by Crippen LogP contribution is 2.19. The summed E-state index contributed by atoms with van der Waals surface area (Å²) < 4.78 is 5.09. The van der Waals surface area contributed by atoms with Crippen LogP contribution in [0.2, 0.25) is 0 Å². The predicted molar refractivity (Wildman–Crippen MR) is 71.4 cm³/mol. The Kier molecular flexibility index (Phi) is 4.20. The van der Waals surface area contributed by atoms with Gasteiger partial charge in [0.1, 0.15) is 6.04 Å². The largest absolute Gasteiger partial charge is 0.380 e. The number of nitrogens with one attached hydrogen (secondary N) is 2. The van der Waals surface area contributed by atoms with E-state index < -0.39 is 0 Å². The van der Waals surface area contributed by atoms with Gasteiger partial charge in [-0.2, -0.15) is 0 Å². The van der Waals surface area contributed by atoms with Crippen LogP contribution in [-0.2, 0) is 16.1 Å². The molecule has 1 aromatic carbocycles. The Morgan fingerprint density at radius 2 is 2.28 bits per heavy atom. The Hall–Kier alpha value is -1.55. The number of ether oxygens (including phenoxy) is 1. The summed E-state index contributed by atoms with van der Waals surface area (Å²) >= 11 is 0. The van der Waals surface area contributed by atoms with Gasteiger partial charge in [-0.25, -0.2) is 0 Å². The van der Waals surface area contributed by atoms with Crippen molar-refractivity contribution in [3.63, 3.8) is 0 Å². The van der Waals surface area contributed by atoms with Crippen LogP contribution in [0.15, 0.2) is 24.3 Å². The molecule has 1 fully saturated rings. The van der Waals surface area contributed by atoms with Crippen LogP contribution in [-0.4, -0.2) is 25.1 Å². The summed E-state index contributed by atoms with van der Waals surface area (Å²) in [5, 5.41) is 6.19. The summed E-state index contributed by atoms with van der Waals surface area (Å²) in [4.78, 5) is 11.8. The third-order valence-electron chi connectivity index (χ3n) is 2.94. The van der Waals surface area contributed by atoms with Gasteiger partial charge in [-0.15, -0.1) is 0 Å². The lowest BCUT2D eigenvalue weighted by molar-refractivity contribution is -0.121. The topological polar surface area (TPSA) is 50.4 Å². The predicted octanol–water partition coefficient (Wildman–Crippen LogP) is 1.91. The molecule has 1 aliphatic rings. The summed E-state index contributed by atoms with van der Waals surface area (Å²) in [6.07, 6.45) is 2.23. The molecule has 0 bridgehead atoms. The number of benzene rings is 1. The zero-order chi connectivity index (χ0) is 13.0. The normalized spacial score (nSPS) is 16.1. The van der Waals surface area contributed by atoms with E-state index in [4.69, 9.17) is 4.74 Å². The van der Waals surface area contributed by atoms with Crippen molar-refractivity contribution < 1.29 is 9.53 Å². The van der Waals surface area contributed by atoms with Gasteiger partial charge in [0.05, 0.1) is 6.61 Å². The highest BCUT2D eigenvalue weighted by Gasteiger charge is 2.25. The van der Waals surface area contributed by atoms with E-state index in [1.165, 1.54) is 0 Å². The average molecular weight is 248 g/mol. The number of methoxy groups -OCH3 is 1. The molecule has 1 atom stereocenters. The molecule has 98 valence electrons. The lowest BCUT2D eigenvalue weighted by Crippen LogP contribution is -2.38. The summed E-state index contributed by atoms with van der Waals surface area (Å²) in [5.74, 6) is 0.0645. The first-order chi connectivity index (χ1) is 8.69. The second kappa shape index (κ2) is 5.87. The fourth-order valence-electron chi connectivity index (χ4n) is 1.79. The van der Waals surface area contributed by atoms with E-state index in [1.54, 1.807) is 7.11 Å². The lowest BCUT2D eigenvalue weighted by Gasteiger charge is -2.15. The summed E-state index contributed by atoms with van der Waals surface area (Å²) in [7, 11) is 1.67. The molecular formula is C14H20N2O2. The Morgan fingerprint density at radius 3 is 2.94 bits per heavy atom. The summed E-state index contributed by atoms with van der Waals surface area (Å²) in [5.41, 5.74) is 2.04. The Morgan fingerprint density at radius 1 is 1.50 bits per heavy atom. The van der Waals surface area contributed by atoms with Crippen LogP contribution in [0.25, 0.3) is 0 Å². The van der Waals surface area contributed by atoms with E-state index in [1.807, 2.05) is 31.2 Å². The van der Waals surface area contributed by atoms with E-state index in [2.05, 4.69) is 10.6 Å². The Balaban J connectivity index is 1.90. The van der Waals surface area contributed by atoms with Crippen molar-refractivity contribution in [2.24, 2.45) is 0 Å². The summed E-state index contributed by atoms with van der Waals surface area (Å²) in [6, 6.07) is 8.11. The van der Waals surface area contributed by atoms with E-state index in [-0.39, 0.29) is 11.9 Å². The molecule has 1 amide bonds. The zero-order valence-electron chi connectivity index (χ0n) is 10.9. The van der Waals surface area contributed by atoms with Crippen LogP contribution in [0.5, 0.6) is 0 Å². The van der Waals surface area contributed by atoms with Gasteiger partial charge in [-0.3, -0.25) is 4.79 Å². The maximum absolute atomic E-state index is 11.8. The third-order valence-corrected chi connectivity index (χ3v) is 2.94. The summed E-state index contributed by atoms with van der Waals surface area (Å²) in [6.45, 7) is 2.46. The number of hydrogen-bond acceptors (Lipinski definition) is 3. The molecule has 0 aromatic heterocycles. The maximum atomic E-state index is 11.8. The second-order valence-electron chi connectivity index (χ2n) is 4.78. The van der Waals surface area contributed by atoms with Crippen LogP contribution >= 0.6 is 0 Å². The molecule has 2 N–H and O–H groups in total. The van der Waals surface area contributed by atoms with E-state index in [0.29, 0.717) is 12.6 Å². The van der Waals surface area contributed by atoms with Gasteiger partial charge in [0.25, 0.3) is 0 Å². The molecule has 18 heavy (non-hydrogen) atoms. The molecule has 0 radical (unpaired) electrons. The Bertz CT molecular complexity index is 416. The molecule has 1 unspecified atom stereocenters. The molecule has 0 spiro atoms. The lowest BCUT2D eigenvalue weighted by atomic mass is 10.2. The van der Waals surface area contributed by atoms with Gasteiger partial charge in [0.2, 0.25) is 5.91 Å². The second-order valence-corrected chi connectivity index (χ2v) is 4.78. The molecular weight excluding hydrogens is 228 g/mol. The third kappa shape index (κ3) is 3.74. The van der Waals surface area contributed by atoms with Gasteiger partial charge in [0, 0.05) is 18.8 Å². The molecule has 4 heteroatoms. The van der Waals surface area contributed by atoms with Crippen LogP contribution in [0.4, 0.5) is 5.69 Å². The van der Waals surface area contributed by atoms with Crippen molar-refractivity contribution in [1.82, 2.24) is 5.32 Å². The highest BCUT2D eigenvalue weighted by atomic mass is 16.5. The van der Waals surface area contributed by atoms with Crippen LogP contribution in [0.1, 0.15) is 25.3 Å². The molecule has 1 aromatic rings. The SMILES string of the molecule is COCc1cccc(NC(C)C(=O)NC2CC2)c1. The number of amides is 1. The number of hydrogen-bond donors (Lipinski definition) is 2. The molecule has 0 aliphatic heterocycles. The van der Waals surface area contributed by atoms with Crippen molar-refractivity contribution in [2.75, 3.05) is 12.4 Å². The standard InChI is InChI=1S/C14H20N2O2/c1-10(14(17)16-12-6-7-12)15-13-5-3-4-11(8-13)9-18-2/h3-5,8,10,12,15H,6-7,9H2,1-2H3,(H,16,17). The van der Waals surface area contributed by atoms with Gasteiger partial charge in [-0.05, 0) is 37.5 Å². The fraction of sp³-hybridized carbons (Fsp3) is 0.500. The van der Waals surface area contributed by atoms with Crippen molar-refractivity contribution >= 4 is 11.6 Å². The van der Waals surface area contributed by atoms with E-state index in [0.717, 1.165) is 24.1 Å². The zero-order valence-corrected chi connectivity index (χ0v) is 10.9. The molecule has 4 nitrogen and oxygen atoms in total. The quantitative estimate of drug-likeness (QED) is 0.808. The van der Waals surface area contributed by atoms with Crippen molar-refractivity contribution in [3.8, 4) is 0 Å². The number of anilines is 1. The van der Waals surface area contributed by atoms with Crippen LogP contribution in [0, 0.1) is 0 Å². The van der Waals surface area contributed by atoms with E-state index >= 15 is 0 Å². The number of rotatable bonds is 6. The minimum atomic E-state index is -0.219. The van der Waals surface area contributed by atoms with Crippen molar-refractivity contribution in [1.29, 1.82) is 0 Å². The van der Waals surface area contributed by atoms with Gasteiger partial charge in [-0.1, -0.05) is 12.1 Å². The smallest absolute Gasteiger partial charge is 0.242 e. The molecule has 1 aliphatic carbocycles. The van der Waals surface area contributed by atoms with Crippen LogP contribution in [0.3, 0.4) is 0 Å². The van der Waals surface area contributed by atoms with Crippen molar-refractivity contribution in [2.45, 2.75) is 38.5 Å². The molecule has 2 rings (SSSR count). The first-order valence-corrected chi connectivity index (χ1v) is 6.34. The number of carbonyl (C=O) groups is 1. The fourth-order valence-corrected chi connectivity index (χ4v) is 1.79. The molecule has 1 saturated carbocycles. The monoisotopic (exact) mass is 248 g/mol. The molecule has 0 saturated heterocycles. The average Bonchev–Trinajstić information content (AvgIpc) is 3.14. The first-order valence-electron chi connectivity index (χ1n) is 6.34. The van der Waals surface area contributed by atoms with Crippen molar-refractivity contribution in [3.05, 3.63) is 29.8 Å². The minimum Gasteiger partial charge on any atom is -0.380 e. The van der Waals surface area contributed by atoms with Gasteiger partial charge < -0.3 is 15.4 Å². The maximum Gasteiger partial charge on any atom is 0.242 e. The van der Waals surface area contributed by atoms with E-state index in [9.17, 15) is 4.79 Å². The first kappa shape index (κ1) is 12.9. The van der Waals surface area contributed by atoms with Crippen LogP contribution < -0.4 is 10.6 Å². The minimum absolute atomic E-state index is 0.0645. The highest BCUT2D eigenvalue weighted by molar-refractivity contribution is 5.84. The van der Waals surface area contributed by atoms with Gasteiger partial charge in [0.15, 0.2) is 0 Å². The number of carbonyl (C=O) groups excluding carboxylic acids is 1.